The van der Waals surface area contributed by atoms with Gasteiger partial charge in [-0.25, -0.2) is 8.42 Å². The second-order valence-corrected chi connectivity index (χ2v) is 8.71. The van der Waals surface area contributed by atoms with Crippen molar-refractivity contribution in [1.29, 1.82) is 0 Å². The van der Waals surface area contributed by atoms with E-state index in [0.717, 1.165) is 51.6 Å². The lowest BCUT2D eigenvalue weighted by Gasteiger charge is -2.41. The quantitative estimate of drug-likeness (QED) is 0.854. The van der Waals surface area contributed by atoms with Crippen molar-refractivity contribution in [3.05, 3.63) is 0 Å². The lowest BCUT2D eigenvalue weighted by Crippen LogP contribution is -2.46. The SMILES string of the molecule is CC(O)C1CCN(C2CCCC(S(C)(=O)=O)C2)CC1. The van der Waals surface area contributed by atoms with E-state index in [0.29, 0.717) is 12.0 Å². The molecule has 1 saturated heterocycles. The monoisotopic (exact) mass is 289 g/mol. The Morgan fingerprint density at radius 2 is 1.79 bits per heavy atom. The van der Waals surface area contributed by atoms with E-state index in [1.54, 1.807) is 0 Å². The van der Waals surface area contributed by atoms with Crippen molar-refractivity contribution in [2.24, 2.45) is 5.92 Å². The van der Waals surface area contributed by atoms with Crippen LogP contribution in [0, 0.1) is 5.92 Å². The molecule has 2 aliphatic rings. The van der Waals surface area contributed by atoms with Crippen LogP contribution in [0.5, 0.6) is 0 Å². The third-order valence-corrected chi connectivity index (χ3v) is 6.62. The second kappa shape index (κ2) is 6.10. The average molecular weight is 289 g/mol. The fraction of sp³-hybridized carbons (Fsp3) is 1.00. The first-order chi connectivity index (χ1) is 8.88. The van der Waals surface area contributed by atoms with E-state index < -0.39 is 9.84 Å². The zero-order chi connectivity index (χ0) is 14.0. The van der Waals surface area contributed by atoms with E-state index in [2.05, 4.69) is 4.90 Å². The number of hydrogen-bond acceptors (Lipinski definition) is 4. The summed E-state index contributed by atoms with van der Waals surface area (Å²) in [5.74, 6) is 0.422. The van der Waals surface area contributed by atoms with Gasteiger partial charge in [0, 0.05) is 12.3 Å². The van der Waals surface area contributed by atoms with Crippen LogP contribution in [-0.4, -0.2) is 55.2 Å². The lowest BCUT2D eigenvalue weighted by atomic mass is 9.88. The van der Waals surface area contributed by atoms with Gasteiger partial charge in [-0.15, -0.1) is 0 Å². The molecule has 4 nitrogen and oxygen atoms in total. The topological polar surface area (TPSA) is 57.6 Å². The number of aliphatic hydroxyl groups excluding tert-OH is 1. The Morgan fingerprint density at radius 1 is 1.16 bits per heavy atom. The van der Waals surface area contributed by atoms with E-state index in [1.807, 2.05) is 6.92 Å². The van der Waals surface area contributed by atoms with Crippen molar-refractivity contribution >= 4 is 9.84 Å². The van der Waals surface area contributed by atoms with Crippen molar-refractivity contribution in [2.45, 2.75) is 62.8 Å². The molecule has 0 aromatic rings. The molecule has 3 atom stereocenters. The summed E-state index contributed by atoms with van der Waals surface area (Å²) in [7, 11) is -2.89. The fourth-order valence-corrected chi connectivity index (χ4v) is 4.77. The van der Waals surface area contributed by atoms with E-state index in [-0.39, 0.29) is 11.4 Å². The number of aliphatic hydroxyl groups is 1. The van der Waals surface area contributed by atoms with Gasteiger partial charge < -0.3 is 10.0 Å². The predicted octanol–water partition coefficient (Wildman–Crippen LogP) is 1.44. The van der Waals surface area contributed by atoms with Gasteiger partial charge in [0.05, 0.1) is 11.4 Å². The molecular formula is C14H27NO3S. The van der Waals surface area contributed by atoms with Gasteiger partial charge in [0.2, 0.25) is 0 Å². The molecule has 1 saturated carbocycles. The van der Waals surface area contributed by atoms with Crippen LogP contribution in [0.4, 0.5) is 0 Å². The van der Waals surface area contributed by atoms with Crippen molar-refractivity contribution in [3.8, 4) is 0 Å². The maximum atomic E-state index is 11.7. The van der Waals surface area contributed by atoms with Gasteiger partial charge in [0.1, 0.15) is 9.84 Å². The molecule has 0 aromatic carbocycles. The van der Waals surface area contributed by atoms with Crippen LogP contribution < -0.4 is 0 Å². The molecule has 0 aromatic heterocycles. The standard InChI is InChI=1S/C14H27NO3S/c1-11(16)12-6-8-15(9-7-12)13-4-3-5-14(10-13)19(2,17)18/h11-14,16H,3-10H2,1-2H3. The van der Waals surface area contributed by atoms with E-state index in [9.17, 15) is 13.5 Å². The number of rotatable bonds is 3. The Morgan fingerprint density at radius 3 is 2.32 bits per heavy atom. The minimum absolute atomic E-state index is 0.138. The number of nitrogens with zero attached hydrogens (tertiary/aromatic N) is 1. The predicted molar refractivity (Wildman–Crippen MR) is 76.9 cm³/mol. The molecule has 3 unspecified atom stereocenters. The first-order valence-corrected chi connectivity index (χ1v) is 9.44. The highest BCUT2D eigenvalue weighted by Crippen LogP contribution is 2.30. The minimum Gasteiger partial charge on any atom is -0.393 e. The van der Waals surface area contributed by atoms with Gasteiger partial charge in [-0.1, -0.05) is 6.42 Å². The van der Waals surface area contributed by atoms with Crippen LogP contribution >= 0.6 is 0 Å². The Labute approximate surface area is 117 Å². The molecule has 1 aliphatic heterocycles. The Balaban J connectivity index is 1.89. The highest BCUT2D eigenvalue weighted by atomic mass is 32.2. The van der Waals surface area contributed by atoms with Crippen LogP contribution in [0.2, 0.25) is 0 Å². The Bertz CT molecular complexity index is 385. The van der Waals surface area contributed by atoms with Crippen LogP contribution in [0.3, 0.4) is 0 Å². The van der Waals surface area contributed by atoms with Gasteiger partial charge in [0.25, 0.3) is 0 Å². The average Bonchev–Trinajstić information content (AvgIpc) is 2.38. The highest BCUT2D eigenvalue weighted by Gasteiger charge is 2.33. The van der Waals surface area contributed by atoms with E-state index >= 15 is 0 Å². The minimum atomic E-state index is -2.89. The molecule has 1 N–H and O–H groups in total. The Hall–Kier alpha value is -0.130. The van der Waals surface area contributed by atoms with Crippen LogP contribution in [-0.2, 0) is 9.84 Å². The molecule has 0 radical (unpaired) electrons. The molecule has 2 fully saturated rings. The summed E-state index contributed by atoms with van der Waals surface area (Å²) in [4.78, 5) is 2.45. The van der Waals surface area contributed by atoms with Crippen LogP contribution in [0.25, 0.3) is 0 Å². The molecule has 1 aliphatic carbocycles. The molecular weight excluding hydrogens is 262 g/mol. The lowest BCUT2D eigenvalue weighted by molar-refractivity contribution is 0.0479. The second-order valence-electron chi connectivity index (χ2n) is 6.39. The Kier molecular flexibility index (Phi) is 4.90. The maximum Gasteiger partial charge on any atom is 0.150 e. The first kappa shape index (κ1) is 15.3. The summed E-state index contributed by atoms with van der Waals surface area (Å²) >= 11 is 0. The zero-order valence-electron chi connectivity index (χ0n) is 12.1. The molecule has 112 valence electrons. The summed E-state index contributed by atoms with van der Waals surface area (Å²) in [6, 6.07) is 0.434. The van der Waals surface area contributed by atoms with E-state index in [4.69, 9.17) is 0 Å². The van der Waals surface area contributed by atoms with Crippen LogP contribution in [0.15, 0.2) is 0 Å². The third-order valence-electron chi connectivity index (χ3n) is 4.98. The summed E-state index contributed by atoms with van der Waals surface area (Å²) in [5, 5.41) is 9.49. The number of piperidine rings is 1. The molecule has 5 heteroatoms. The van der Waals surface area contributed by atoms with Gasteiger partial charge in [0.15, 0.2) is 0 Å². The van der Waals surface area contributed by atoms with Crippen LogP contribution in [0.1, 0.15) is 45.4 Å². The molecule has 0 spiro atoms. The van der Waals surface area contributed by atoms with Crippen molar-refractivity contribution in [3.63, 3.8) is 0 Å². The summed E-state index contributed by atoms with van der Waals surface area (Å²) < 4.78 is 23.4. The number of hydrogen-bond donors (Lipinski definition) is 1. The highest BCUT2D eigenvalue weighted by molar-refractivity contribution is 7.91. The fourth-order valence-electron chi connectivity index (χ4n) is 3.61. The molecule has 0 amide bonds. The van der Waals surface area contributed by atoms with Gasteiger partial charge >= 0.3 is 0 Å². The van der Waals surface area contributed by atoms with E-state index in [1.165, 1.54) is 6.26 Å². The first-order valence-electron chi connectivity index (χ1n) is 7.49. The molecule has 2 rings (SSSR count). The smallest absolute Gasteiger partial charge is 0.150 e. The third kappa shape index (κ3) is 3.92. The normalized spacial score (nSPS) is 33.2. The molecule has 19 heavy (non-hydrogen) atoms. The number of sulfone groups is 1. The van der Waals surface area contributed by atoms with Crippen molar-refractivity contribution < 1.29 is 13.5 Å². The van der Waals surface area contributed by atoms with Crippen molar-refractivity contribution in [1.82, 2.24) is 4.90 Å². The zero-order valence-corrected chi connectivity index (χ0v) is 12.9. The summed E-state index contributed by atoms with van der Waals surface area (Å²) in [6.45, 7) is 3.90. The molecule has 1 heterocycles. The van der Waals surface area contributed by atoms with Gasteiger partial charge in [-0.2, -0.15) is 0 Å². The van der Waals surface area contributed by atoms with Crippen molar-refractivity contribution in [2.75, 3.05) is 19.3 Å². The van der Waals surface area contributed by atoms with Gasteiger partial charge in [-0.3, -0.25) is 0 Å². The maximum absolute atomic E-state index is 11.7. The largest absolute Gasteiger partial charge is 0.393 e. The summed E-state index contributed by atoms with van der Waals surface area (Å²) in [5.41, 5.74) is 0. The number of likely N-dealkylation sites (tertiary alicyclic amines) is 1. The summed E-state index contributed by atoms with van der Waals surface area (Å²) in [6.07, 6.45) is 7.04. The van der Waals surface area contributed by atoms with Gasteiger partial charge in [-0.05, 0) is 58.0 Å². The molecule has 0 bridgehead atoms.